The Morgan fingerprint density at radius 3 is 2.63 bits per heavy atom. The Balaban J connectivity index is 1.82. The number of aromatic nitrogens is 2. The molecule has 2 saturated heterocycles. The third kappa shape index (κ3) is 1.81. The molecule has 2 fully saturated rings. The summed E-state index contributed by atoms with van der Waals surface area (Å²) in [4.78, 5) is 11.1. The maximum absolute atomic E-state index is 5.87. The van der Waals surface area contributed by atoms with Gasteiger partial charge in [-0.25, -0.2) is 4.98 Å². The molecule has 98 valence electrons. The fourth-order valence-corrected chi connectivity index (χ4v) is 3.11. The fraction of sp³-hybridized carbons (Fsp3) is 0.429. The standard InChI is InChI=1S/C14H16N4O/c15-14-16-12-4-2-1-3-11(12)13(17-14)18-7-9-5-6-10(8-18)19-9/h1-4,9-10H,5-8H2,(H2,15,16,17). The van der Waals surface area contributed by atoms with Crippen molar-refractivity contribution in [2.45, 2.75) is 25.0 Å². The van der Waals surface area contributed by atoms with Crippen molar-refractivity contribution in [2.75, 3.05) is 23.7 Å². The smallest absolute Gasteiger partial charge is 0.222 e. The molecule has 2 bridgehead atoms. The molecule has 0 saturated carbocycles. The summed E-state index contributed by atoms with van der Waals surface area (Å²) in [7, 11) is 0. The minimum atomic E-state index is 0.340. The predicted molar refractivity (Wildman–Crippen MR) is 74.1 cm³/mol. The lowest BCUT2D eigenvalue weighted by Crippen LogP contribution is -2.43. The summed E-state index contributed by atoms with van der Waals surface area (Å²) in [6.45, 7) is 1.80. The van der Waals surface area contributed by atoms with Crippen LogP contribution >= 0.6 is 0 Å². The highest BCUT2D eigenvalue weighted by Crippen LogP contribution is 2.32. The number of nitrogens with zero attached hydrogens (tertiary/aromatic N) is 3. The Labute approximate surface area is 111 Å². The van der Waals surface area contributed by atoms with Crippen LogP contribution in [0.5, 0.6) is 0 Å². The van der Waals surface area contributed by atoms with Gasteiger partial charge in [0.25, 0.3) is 0 Å². The number of morpholine rings is 1. The quantitative estimate of drug-likeness (QED) is 0.839. The first kappa shape index (κ1) is 11.0. The molecule has 0 aliphatic carbocycles. The van der Waals surface area contributed by atoms with Gasteiger partial charge in [-0.1, -0.05) is 12.1 Å². The van der Waals surface area contributed by atoms with Gasteiger partial charge in [0, 0.05) is 18.5 Å². The molecule has 19 heavy (non-hydrogen) atoms. The van der Waals surface area contributed by atoms with Crippen LogP contribution in [0.2, 0.25) is 0 Å². The van der Waals surface area contributed by atoms with E-state index in [1.807, 2.05) is 18.2 Å². The van der Waals surface area contributed by atoms with Crippen molar-refractivity contribution in [3.8, 4) is 0 Å². The van der Waals surface area contributed by atoms with E-state index in [1.165, 1.54) is 0 Å². The van der Waals surface area contributed by atoms with E-state index in [-0.39, 0.29) is 0 Å². The molecule has 5 heteroatoms. The Kier molecular flexibility index (Phi) is 2.35. The van der Waals surface area contributed by atoms with Crippen molar-refractivity contribution in [2.24, 2.45) is 0 Å². The van der Waals surface area contributed by atoms with Gasteiger partial charge < -0.3 is 15.4 Å². The number of hydrogen-bond donors (Lipinski definition) is 1. The van der Waals surface area contributed by atoms with Crippen LogP contribution in [0.3, 0.4) is 0 Å². The molecule has 2 N–H and O–H groups in total. The summed E-state index contributed by atoms with van der Waals surface area (Å²) >= 11 is 0. The van der Waals surface area contributed by atoms with Gasteiger partial charge in [0.2, 0.25) is 5.95 Å². The topological polar surface area (TPSA) is 64.3 Å². The van der Waals surface area contributed by atoms with Crippen molar-refractivity contribution in [1.82, 2.24) is 9.97 Å². The molecule has 5 nitrogen and oxygen atoms in total. The summed E-state index contributed by atoms with van der Waals surface area (Å²) in [5.41, 5.74) is 6.74. The Bertz CT molecular complexity index is 618. The zero-order valence-corrected chi connectivity index (χ0v) is 10.6. The van der Waals surface area contributed by atoms with E-state index >= 15 is 0 Å². The monoisotopic (exact) mass is 256 g/mol. The SMILES string of the molecule is Nc1nc(N2CC3CCC(C2)O3)c2ccccc2n1. The second-order valence-corrected chi connectivity index (χ2v) is 5.28. The molecular formula is C14H16N4O. The van der Waals surface area contributed by atoms with Crippen LogP contribution in [-0.4, -0.2) is 35.3 Å². The molecule has 2 aliphatic rings. The average Bonchev–Trinajstić information content (AvgIpc) is 2.76. The molecule has 0 amide bonds. The summed E-state index contributed by atoms with van der Waals surface area (Å²) in [6, 6.07) is 8.02. The lowest BCUT2D eigenvalue weighted by atomic mass is 10.2. The minimum absolute atomic E-state index is 0.340. The van der Waals surface area contributed by atoms with Crippen LogP contribution in [0.15, 0.2) is 24.3 Å². The zero-order chi connectivity index (χ0) is 12.8. The normalized spacial score (nSPS) is 26.0. The number of fused-ring (bicyclic) bond motifs is 3. The zero-order valence-electron chi connectivity index (χ0n) is 10.6. The second kappa shape index (κ2) is 4.06. The number of ether oxygens (including phenoxy) is 1. The number of nitrogens with two attached hydrogens (primary N) is 1. The number of rotatable bonds is 1. The predicted octanol–water partition coefficient (Wildman–Crippen LogP) is 1.58. The summed E-state index contributed by atoms with van der Waals surface area (Å²) in [5, 5.41) is 1.07. The molecule has 2 atom stereocenters. The van der Waals surface area contributed by atoms with E-state index in [0.717, 1.165) is 42.7 Å². The minimum Gasteiger partial charge on any atom is -0.371 e. The van der Waals surface area contributed by atoms with E-state index in [1.54, 1.807) is 0 Å². The Hall–Kier alpha value is -1.88. The Morgan fingerprint density at radius 2 is 1.84 bits per heavy atom. The van der Waals surface area contributed by atoms with Crippen LogP contribution < -0.4 is 10.6 Å². The molecule has 0 radical (unpaired) electrons. The molecule has 2 aliphatic heterocycles. The highest BCUT2D eigenvalue weighted by Gasteiger charge is 2.34. The third-order valence-corrected chi connectivity index (χ3v) is 3.94. The van der Waals surface area contributed by atoms with Crippen molar-refractivity contribution in [3.05, 3.63) is 24.3 Å². The molecule has 2 unspecified atom stereocenters. The second-order valence-electron chi connectivity index (χ2n) is 5.28. The number of hydrogen-bond acceptors (Lipinski definition) is 5. The summed E-state index contributed by atoms with van der Waals surface area (Å²) < 4.78 is 5.87. The van der Waals surface area contributed by atoms with Crippen molar-refractivity contribution in [1.29, 1.82) is 0 Å². The third-order valence-electron chi connectivity index (χ3n) is 3.94. The van der Waals surface area contributed by atoms with Crippen molar-refractivity contribution < 1.29 is 4.74 Å². The molecule has 1 aromatic heterocycles. The lowest BCUT2D eigenvalue weighted by molar-refractivity contribution is 0.0303. The van der Waals surface area contributed by atoms with Gasteiger partial charge >= 0.3 is 0 Å². The molecule has 1 aromatic carbocycles. The van der Waals surface area contributed by atoms with Crippen LogP contribution in [0, 0.1) is 0 Å². The number of nitrogen functional groups attached to an aromatic ring is 1. The van der Waals surface area contributed by atoms with E-state index < -0.39 is 0 Å². The van der Waals surface area contributed by atoms with E-state index in [2.05, 4.69) is 20.9 Å². The highest BCUT2D eigenvalue weighted by molar-refractivity contribution is 5.90. The molecule has 2 aromatic rings. The number of para-hydroxylation sites is 1. The van der Waals surface area contributed by atoms with Gasteiger partial charge in [0.15, 0.2) is 0 Å². The molecule has 4 rings (SSSR count). The van der Waals surface area contributed by atoms with Crippen LogP contribution in [0.25, 0.3) is 10.9 Å². The van der Waals surface area contributed by atoms with E-state index in [9.17, 15) is 0 Å². The van der Waals surface area contributed by atoms with Crippen molar-refractivity contribution in [3.63, 3.8) is 0 Å². The van der Waals surface area contributed by atoms with E-state index in [4.69, 9.17) is 10.5 Å². The lowest BCUT2D eigenvalue weighted by Gasteiger charge is -2.33. The summed E-state index contributed by atoms with van der Waals surface area (Å²) in [6.07, 6.45) is 2.99. The average molecular weight is 256 g/mol. The van der Waals surface area contributed by atoms with Crippen LogP contribution in [0.1, 0.15) is 12.8 Å². The van der Waals surface area contributed by atoms with Gasteiger partial charge in [-0.05, 0) is 25.0 Å². The van der Waals surface area contributed by atoms with Crippen LogP contribution in [0.4, 0.5) is 11.8 Å². The first-order chi connectivity index (χ1) is 9.29. The highest BCUT2D eigenvalue weighted by atomic mass is 16.5. The van der Waals surface area contributed by atoms with Gasteiger partial charge in [-0.15, -0.1) is 0 Å². The molecule has 0 spiro atoms. The van der Waals surface area contributed by atoms with Gasteiger partial charge in [0.05, 0.1) is 17.7 Å². The van der Waals surface area contributed by atoms with E-state index in [0.29, 0.717) is 18.2 Å². The largest absolute Gasteiger partial charge is 0.371 e. The first-order valence-corrected chi connectivity index (χ1v) is 6.72. The van der Waals surface area contributed by atoms with Gasteiger partial charge in [0.1, 0.15) is 5.82 Å². The molecular weight excluding hydrogens is 240 g/mol. The van der Waals surface area contributed by atoms with Gasteiger partial charge in [-0.2, -0.15) is 4.98 Å². The molecule has 3 heterocycles. The fourth-order valence-electron chi connectivity index (χ4n) is 3.11. The maximum atomic E-state index is 5.87. The Morgan fingerprint density at radius 1 is 1.11 bits per heavy atom. The summed E-state index contributed by atoms with van der Waals surface area (Å²) in [5.74, 6) is 1.29. The van der Waals surface area contributed by atoms with Gasteiger partial charge in [-0.3, -0.25) is 0 Å². The van der Waals surface area contributed by atoms with Crippen molar-refractivity contribution >= 4 is 22.7 Å². The number of anilines is 2. The first-order valence-electron chi connectivity index (χ1n) is 6.72. The maximum Gasteiger partial charge on any atom is 0.222 e. The van der Waals surface area contributed by atoms with Crippen LogP contribution in [-0.2, 0) is 4.74 Å². The number of benzene rings is 1.